The smallest absolute Gasteiger partial charge is 0.229 e. The van der Waals surface area contributed by atoms with E-state index in [0.717, 1.165) is 28.1 Å². The monoisotopic (exact) mass is 402 g/mol. The summed E-state index contributed by atoms with van der Waals surface area (Å²) in [5.41, 5.74) is 10.8. The van der Waals surface area contributed by atoms with Crippen LogP contribution in [0, 0.1) is 25.2 Å². The van der Waals surface area contributed by atoms with E-state index in [-0.39, 0.29) is 5.88 Å². The van der Waals surface area contributed by atoms with Crippen LogP contribution >= 0.6 is 0 Å². The standard InChI is InChI=1S/C23H22N4O3/c1-13-5-7-15(8-6-13)27-23-20(14(2)26-27)21(18(12-24)22(25)30-23)17-11-16(28-3)9-10-19(17)29-4/h5-11,21H,25H2,1-4H3/t21-/m0/s1. The number of aryl methyl sites for hydroxylation is 2. The quantitative estimate of drug-likeness (QED) is 0.715. The van der Waals surface area contributed by atoms with E-state index in [2.05, 4.69) is 6.07 Å². The van der Waals surface area contributed by atoms with Crippen LogP contribution < -0.4 is 19.9 Å². The Bertz CT molecular complexity index is 1190. The van der Waals surface area contributed by atoms with Crippen LogP contribution in [0.3, 0.4) is 0 Å². The minimum atomic E-state index is -0.497. The van der Waals surface area contributed by atoms with Gasteiger partial charge in [0.15, 0.2) is 0 Å². The van der Waals surface area contributed by atoms with Gasteiger partial charge in [-0.15, -0.1) is 0 Å². The zero-order chi connectivity index (χ0) is 21.4. The lowest BCUT2D eigenvalue weighted by atomic mass is 9.83. The van der Waals surface area contributed by atoms with Gasteiger partial charge in [-0.3, -0.25) is 0 Å². The minimum absolute atomic E-state index is 0.0492. The highest BCUT2D eigenvalue weighted by Gasteiger charge is 2.37. The first kappa shape index (κ1) is 19.4. The van der Waals surface area contributed by atoms with Crippen molar-refractivity contribution in [2.75, 3.05) is 14.2 Å². The second kappa shape index (κ2) is 7.48. The number of benzene rings is 2. The van der Waals surface area contributed by atoms with Crippen molar-refractivity contribution in [1.29, 1.82) is 5.26 Å². The van der Waals surface area contributed by atoms with Crippen LogP contribution in [0.4, 0.5) is 0 Å². The Morgan fingerprint density at radius 3 is 2.47 bits per heavy atom. The Morgan fingerprint density at radius 2 is 1.83 bits per heavy atom. The maximum absolute atomic E-state index is 9.89. The average Bonchev–Trinajstić information content (AvgIpc) is 3.08. The van der Waals surface area contributed by atoms with Crippen molar-refractivity contribution in [3.63, 3.8) is 0 Å². The molecule has 0 amide bonds. The van der Waals surface area contributed by atoms with E-state index in [0.29, 0.717) is 23.0 Å². The van der Waals surface area contributed by atoms with Gasteiger partial charge in [-0.25, -0.2) is 4.68 Å². The molecule has 1 atom stereocenters. The van der Waals surface area contributed by atoms with Crippen LogP contribution in [0.1, 0.15) is 28.3 Å². The van der Waals surface area contributed by atoms with Gasteiger partial charge in [0.25, 0.3) is 0 Å². The number of nitriles is 1. The number of ether oxygens (including phenoxy) is 3. The summed E-state index contributed by atoms with van der Waals surface area (Å²) in [4.78, 5) is 0. The number of nitrogens with two attached hydrogens (primary N) is 1. The number of rotatable bonds is 4. The number of hydrogen-bond donors (Lipinski definition) is 1. The normalized spacial score (nSPS) is 15.2. The second-order valence-corrected chi connectivity index (χ2v) is 7.08. The van der Waals surface area contributed by atoms with Crippen molar-refractivity contribution in [2.24, 2.45) is 5.73 Å². The van der Waals surface area contributed by atoms with Crippen molar-refractivity contribution in [3.8, 4) is 29.1 Å². The third kappa shape index (κ3) is 3.03. The molecule has 2 aromatic carbocycles. The molecule has 0 saturated heterocycles. The molecule has 0 bridgehead atoms. The summed E-state index contributed by atoms with van der Waals surface area (Å²) >= 11 is 0. The predicted octanol–water partition coefficient (Wildman–Crippen LogP) is 3.72. The summed E-state index contributed by atoms with van der Waals surface area (Å²) in [5.74, 6) is 1.31. The molecule has 7 nitrogen and oxygen atoms in total. The van der Waals surface area contributed by atoms with E-state index in [9.17, 15) is 5.26 Å². The molecule has 0 unspecified atom stereocenters. The van der Waals surface area contributed by atoms with Crippen LogP contribution in [0.2, 0.25) is 0 Å². The summed E-state index contributed by atoms with van der Waals surface area (Å²) in [7, 11) is 3.18. The van der Waals surface area contributed by atoms with Gasteiger partial charge in [0.1, 0.15) is 23.1 Å². The number of hydrogen-bond acceptors (Lipinski definition) is 6. The largest absolute Gasteiger partial charge is 0.497 e. The lowest BCUT2D eigenvalue weighted by Gasteiger charge is -2.26. The van der Waals surface area contributed by atoms with E-state index in [4.69, 9.17) is 25.0 Å². The molecule has 152 valence electrons. The number of fused-ring (bicyclic) bond motifs is 1. The third-order valence-corrected chi connectivity index (χ3v) is 5.26. The van der Waals surface area contributed by atoms with Gasteiger partial charge in [0, 0.05) is 5.56 Å². The van der Waals surface area contributed by atoms with Crippen LogP contribution in [-0.2, 0) is 0 Å². The highest BCUT2D eigenvalue weighted by Crippen LogP contribution is 2.47. The maximum Gasteiger partial charge on any atom is 0.229 e. The van der Waals surface area contributed by atoms with E-state index in [1.54, 1.807) is 18.9 Å². The zero-order valence-electron chi connectivity index (χ0n) is 17.3. The lowest BCUT2D eigenvalue weighted by Crippen LogP contribution is -2.22. The SMILES string of the molecule is COc1ccc(OC)c([C@H]2C(C#N)=C(N)Oc3c2c(C)nn3-c2ccc(C)cc2)c1. The first-order chi connectivity index (χ1) is 14.5. The van der Waals surface area contributed by atoms with Crippen molar-refractivity contribution in [3.05, 3.63) is 76.3 Å². The molecule has 3 aromatic rings. The molecule has 1 aliphatic rings. The summed E-state index contributed by atoms with van der Waals surface area (Å²) in [5, 5.41) is 14.6. The van der Waals surface area contributed by atoms with Gasteiger partial charge in [-0.05, 0) is 44.2 Å². The van der Waals surface area contributed by atoms with E-state index < -0.39 is 5.92 Å². The van der Waals surface area contributed by atoms with Gasteiger partial charge >= 0.3 is 0 Å². The number of aromatic nitrogens is 2. The fraction of sp³-hybridized carbons (Fsp3) is 0.217. The first-order valence-electron chi connectivity index (χ1n) is 9.44. The Labute approximate surface area is 174 Å². The molecule has 1 aliphatic heterocycles. The van der Waals surface area contributed by atoms with Crippen molar-refractivity contribution in [2.45, 2.75) is 19.8 Å². The van der Waals surface area contributed by atoms with Gasteiger partial charge in [-0.1, -0.05) is 17.7 Å². The van der Waals surface area contributed by atoms with Crippen LogP contribution in [0.15, 0.2) is 53.9 Å². The maximum atomic E-state index is 9.89. The molecule has 0 saturated carbocycles. The molecule has 2 heterocycles. The molecule has 7 heteroatoms. The average molecular weight is 402 g/mol. The Kier molecular flexibility index (Phi) is 4.84. The molecule has 0 spiro atoms. The van der Waals surface area contributed by atoms with Crippen LogP contribution in [0.25, 0.3) is 5.69 Å². The van der Waals surface area contributed by atoms with E-state index >= 15 is 0 Å². The summed E-state index contributed by atoms with van der Waals surface area (Å²) < 4.78 is 18.6. The van der Waals surface area contributed by atoms with Gasteiger partial charge in [0.2, 0.25) is 11.8 Å². The van der Waals surface area contributed by atoms with Gasteiger partial charge in [0.05, 0.1) is 37.1 Å². The van der Waals surface area contributed by atoms with E-state index in [1.165, 1.54) is 0 Å². The van der Waals surface area contributed by atoms with Crippen LogP contribution in [-0.4, -0.2) is 24.0 Å². The Hall–Kier alpha value is -3.92. The Morgan fingerprint density at radius 1 is 1.10 bits per heavy atom. The van der Waals surface area contributed by atoms with Crippen LogP contribution in [0.5, 0.6) is 17.4 Å². The summed E-state index contributed by atoms with van der Waals surface area (Å²) in [6, 6.07) is 15.6. The fourth-order valence-corrected chi connectivity index (χ4v) is 3.75. The van der Waals surface area contributed by atoms with Gasteiger partial charge in [-0.2, -0.15) is 10.4 Å². The number of methoxy groups -OCH3 is 2. The summed E-state index contributed by atoms with van der Waals surface area (Å²) in [6.07, 6.45) is 0. The van der Waals surface area contributed by atoms with Crippen molar-refractivity contribution in [1.82, 2.24) is 9.78 Å². The molecule has 1 aromatic heterocycles. The molecule has 2 N–H and O–H groups in total. The Balaban J connectivity index is 1.98. The lowest BCUT2D eigenvalue weighted by molar-refractivity contribution is 0.363. The molecule has 0 radical (unpaired) electrons. The van der Waals surface area contributed by atoms with Crippen molar-refractivity contribution < 1.29 is 14.2 Å². The van der Waals surface area contributed by atoms with Gasteiger partial charge < -0.3 is 19.9 Å². The van der Waals surface area contributed by atoms with Crippen molar-refractivity contribution >= 4 is 0 Å². The molecule has 4 rings (SSSR count). The molecule has 0 aliphatic carbocycles. The molecular formula is C23H22N4O3. The number of allylic oxidation sites excluding steroid dienone is 1. The topological polar surface area (TPSA) is 95.3 Å². The molecular weight excluding hydrogens is 380 g/mol. The summed E-state index contributed by atoms with van der Waals surface area (Å²) in [6.45, 7) is 3.91. The minimum Gasteiger partial charge on any atom is -0.497 e. The highest BCUT2D eigenvalue weighted by atomic mass is 16.5. The fourth-order valence-electron chi connectivity index (χ4n) is 3.75. The first-order valence-corrected chi connectivity index (χ1v) is 9.44. The number of nitrogens with zero attached hydrogens (tertiary/aromatic N) is 3. The molecule has 0 fully saturated rings. The third-order valence-electron chi connectivity index (χ3n) is 5.26. The van der Waals surface area contributed by atoms with E-state index in [1.807, 2.05) is 56.3 Å². The second-order valence-electron chi connectivity index (χ2n) is 7.08. The highest BCUT2D eigenvalue weighted by molar-refractivity contribution is 5.60. The molecule has 30 heavy (non-hydrogen) atoms. The predicted molar refractivity (Wildman–Crippen MR) is 112 cm³/mol. The zero-order valence-corrected chi connectivity index (χ0v) is 17.3.